The molecule has 0 atom stereocenters. The minimum atomic E-state index is -0.795. The van der Waals surface area contributed by atoms with E-state index in [0.717, 1.165) is 30.6 Å². The fraction of sp³-hybridized carbons (Fsp3) is 0.680. The maximum atomic E-state index is 14.0. The Hall–Kier alpha value is -1.36. The fourth-order valence-electron chi connectivity index (χ4n) is 5.10. The molecule has 2 aliphatic rings. The standard InChI is InChI=1S/C25H34F2/c1-3-4-5-19-7-13-21(14-8-19)22-15-9-20(10-16-22)11-17-23-12-6-18(2)24(26)25(23)27/h6,12,19-22H,3-5,7-10,13-16H2,1-2H3. The van der Waals surface area contributed by atoms with Gasteiger partial charge in [-0.3, -0.25) is 0 Å². The number of benzene rings is 1. The Morgan fingerprint density at radius 1 is 0.889 bits per heavy atom. The first-order valence-electron chi connectivity index (χ1n) is 11.0. The lowest BCUT2D eigenvalue weighted by Gasteiger charge is -2.37. The number of rotatable bonds is 4. The average Bonchev–Trinajstić information content (AvgIpc) is 2.71. The molecule has 0 saturated heterocycles. The Kier molecular flexibility index (Phi) is 7.33. The van der Waals surface area contributed by atoms with E-state index in [1.807, 2.05) is 0 Å². The SMILES string of the molecule is CCCCC1CCC(C2CCC(C#Cc3ccc(C)c(F)c3F)CC2)CC1. The number of unbranched alkanes of at least 4 members (excludes halogenated alkanes) is 1. The van der Waals surface area contributed by atoms with Crippen molar-refractivity contribution < 1.29 is 8.78 Å². The fourth-order valence-corrected chi connectivity index (χ4v) is 5.10. The highest BCUT2D eigenvalue weighted by Crippen LogP contribution is 2.42. The van der Waals surface area contributed by atoms with Gasteiger partial charge < -0.3 is 0 Å². The molecule has 0 nitrogen and oxygen atoms in total. The highest BCUT2D eigenvalue weighted by atomic mass is 19.2. The Balaban J connectivity index is 1.47. The van der Waals surface area contributed by atoms with E-state index < -0.39 is 11.6 Å². The van der Waals surface area contributed by atoms with E-state index in [2.05, 4.69) is 18.8 Å². The van der Waals surface area contributed by atoms with Crippen molar-refractivity contribution in [2.75, 3.05) is 0 Å². The quantitative estimate of drug-likeness (QED) is 0.482. The van der Waals surface area contributed by atoms with Gasteiger partial charge in [0, 0.05) is 5.92 Å². The van der Waals surface area contributed by atoms with Gasteiger partial charge >= 0.3 is 0 Å². The Labute approximate surface area is 164 Å². The second-order valence-electron chi connectivity index (χ2n) is 8.86. The number of aryl methyl sites for hydroxylation is 1. The summed E-state index contributed by atoms with van der Waals surface area (Å²) in [6.45, 7) is 3.87. The van der Waals surface area contributed by atoms with Crippen LogP contribution in [0.15, 0.2) is 12.1 Å². The third-order valence-electron chi connectivity index (χ3n) is 6.98. The molecule has 0 amide bonds. The average molecular weight is 373 g/mol. The maximum Gasteiger partial charge on any atom is 0.174 e. The summed E-state index contributed by atoms with van der Waals surface area (Å²) in [5, 5.41) is 0. The molecule has 27 heavy (non-hydrogen) atoms. The molecule has 0 spiro atoms. The second kappa shape index (κ2) is 9.72. The number of hydrogen-bond acceptors (Lipinski definition) is 0. The molecule has 0 radical (unpaired) electrons. The molecule has 0 aromatic heterocycles. The van der Waals surface area contributed by atoms with Crippen molar-refractivity contribution in [2.45, 2.75) is 84.5 Å². The van der Waals surface area contributed by atoms with Crippen molar-refractivity contribution in [3.05, 3.63) is 34.9 Å². The smallest absolute Gasteiger partial charge is 0.174 e. The van der Waals surface area contributed by atoms with E-state index in [1.165, 1.54) is 57.8 Å². The van der Waals surface area contributed by atoms with Gasteiger partial charge in [0.15, 0.2) is 11.6 Å². The number of hydrogen-bond donors (Lipinski definition) is 0. The van der Waals surface area contributed by atoms with Crippen molar-refractivity contribution >= 4 is 0 Å². The zero-order chi connectivity index (χ0) is 19.2. The summed E-state index contributed by atoms with van der Waals surface area (Å²) in [7, 11) is 0. The minimum absolute atomic E-state index is 0.200. The van der Waals surface area contributed by atoms with Gasteiger partial charge in [-0.1, -0.05) is 56.9 Å². The van der Waals surface area contributed by atoms with Crippen LogP contribution in [0.5, 0.6) is 0 Å². The Morgan fingerprint density at radius 3 is 2.15 bits per heavy atom. The molecule has 2 heteroatoms. The van der Waals surface area contributed by atoms with Gasteiger partial charge in [-0.25, -0.2) is 8.78 Å². The molecule has 2 aliphatic carbocycles. The van der Waals surface area contributed by atoms with Crippen LogP contribution in [0.1, 0.15) is 88.7 Å². The van der Waals surface area contributed by atoms with Gasteiger partial charge in [-0.2, -0.15) is 0 Å². The first-order chi connectivity index (χ1) is 13.1. The molecule has 3 rings (SSSR count). The molecule has 148 valence electrons. The highest BCUT2D eigenvalue weighted by molar-refractivity contribution is 5.38. The molecule has 0 unspecified atom stereocenters. The largest absolute Gasteiger partial charge is 0.203 e. The lowest BCUT2D eigenvalue weighted by atomic mass is 9.69. The van der Waals surface area contributed by atoms with Crippen LogP contribution in [0.4, 0.5) is 8.78 Å². The van der Waals surface area contributed by atoms with E-state index >= 15 is 0 Å². The van der Waals surface area contributed by atoms with Crippen LogP contribution >= 0.6 is 0 Å². The van der Waals surface area contributed by atoms with Gasteiger partial charge in [0.25, 0.3) is 0 Å². The molecular weight excluding hydrogens is 338 g/mol. The minimum Gasteiger partial charge on any atom is -0.203 e. The zero-order valence-corrected chi connectivity index (χ0v) is 17.0. The molecule has 1 aromatic carbocycles. The van der Waals surface area contributed by atoms with Crippen LogP contribution in [0.25, 0.3) is 0 Å². The maximum absolute atomic E-state index is 14.0. The van der Waals surface area contributed by atoms with Crippen molar-refractivity contribution in [1.29, 1.82) is 0 Å². The second-order valence-corrected chi connectivity index (χ2v) is 8.86. The van der Waals surface area contributed by atoms with E-state index in [0.29, 0.717) is 11.5 Å². The number of halogens is 2. The third-order valence-corrected chi connectivity index (χ3v) is 6.98. The van der Waals surface area contributed by atoms with Crippen LogP contribution in [-0.2, 0) is 0 Å². The summed E-state index contributed by atoms with van der Waals surface area (Å²) in [5.74, 6) is 7.67. The first-order valence-corrected chi connectivity index (χ1v) is 11.0. The summed E-state index contributed by atoms with van der Waals surface area (Å²) < 4.78 is 27.6. The Morgan fingerprint density at radius 2 is 1.52 bits per heavy atom. The molecule has 1 aromatic rings. The summed E-state index contributed by atoms with van der Waals surface area (Å²) in [4.78, 5) is 0. The summed E-state index contributed by atoms with van der Waals surface area (Å²) in [6.07, 6.45) is 14.6. The molecule has 2 saturated carbocycles. The van der Waals surface area contributed by atoms with E-state index in [-0.39, 0.29) is 5.56 Å². The van der Waals surface area contributed by atoms with Crippen LogP contribution in [0, 0.1) is 54.1 Å². The van der Waals surface area contributed by atoms with Gasteiger partial charge in [0.1, 0.15) is 0 Å². The van der Waals surface area contributed by atoms with Crippen LogP contribution in [0.2, 0.25) is 0 Å². The van der Waals surface area contributed by atoms with E-state index in [4.69, 9.17) is 0 Å². The monoisotopic (exact) mass is 372 g/mol. The molecule has 0 N–H and O–H groups in total. The molecule has 0 heterocycles. The molecule has 2 fully saturated rings. The topological polar surface area (TPSA) is 0 Å². The molecule has 0 bridgehead atoms. The normalized spacial score (nSPS) is 28.4. The van der Waals surface area contributed by atoms with Crippen molar-refractivity contribution in [2.24, 2.45) is 23.7 Å². The van der Waals surface area contributed by atoms with E-state index in [1.54, 1.807) is 19.1 Å². The van der Waals surface area contributed by atoms with Crippen LogP contribution < -0.4 is 0 Å². The third kappa shape index (κ3) is 5.34. The lowest BCUT2D eigenvalue weighted by Crippen LogP contribution is -2.25. The van der Waals surface area contributed by atoms with Crippen LogP contribution in [-0.4, -0.2) is 0 Å². The van der Waals surface area contributed by atoms with Crippen molar-refractivity contribution in [1.82, 2.24) is 0 Å². The van der Waals surface area contributed by atoms with Crippen molar-refractivity contribution in [3.8, 4) is 11.8 Å². The van der Waals surface area contributed by atoms with Gasteiger partial charge in [0.2, 0.25) is 0 Å². The molecule has 0 aliphatic heterocycles. The summed E-state index contributed by atoms with van der Waals surface area (Å²) in [5.41, 5.74) is 0.536. The highest BCUT2D eigenvalue weighted by Gasteiger charge is 2.30. The predicted molar refractivity (Wildman–Crippen MR) is 108 cm³/mol. The summed E-state index contributed by atoms with van der Waals surface area (Å²) >= 11 is 0. The van der Waals surface area contributed by atoms with Gasteiger partial charge in [0.05, 0.1) is 5.56 Å². The van der Waals surface area contributed by atoms with Crippen molar-refractivity contribution in [3.63, 3.8) is 0 Å². The summed E-state index contributed by atoms with van der Waals surface area (Å²) in [6, 6.07) is 3.21. The Bertz CT molecular complexity index is 666. The molecular formula is C25H34F2. The van der Waals surface area contributed by atoms with Gasteiger partial charge in [-0.05, 0) is 74.8 Å². The predicted octanol–water partition coefficient (Wildman–Crippen LogP) is 7.43. The zero-order valence-electron chi connectivity index (χ0n) is 17.0. The van der Waals surface area contributed by atoms with E-state index in [9.17, 15) is 8.78 Å². The van der Waals surface area contributed by atoms with Crippen LogP contribution in [0.3, 0.4) is 0 Å². The lowest BCUT2D eigenvalue weighted by molar-refractivity contribution is 0.153. The van der Waals surface area contributed by atoms with Gasteiger partial charge in [-0.15, -0.1) is 0 Å². The first kappa shape index (κ1) is 20.4.